The van der Waals surface area contributed by atoms with Gasteiger partial charge < -0.3 is 10.2 Å². The Hall–Kier alpha value is -1.55. The average molecular weight is 253 g/mol. The molecule has 0 unspecified atom stereocenters. The van der Waals surface area contributed by atoms with Crippen LogP contribution >= 0.6 is 11.6 Å². The summed E-state index contributed by atoms with van der Waals surface area (Å²) in [7, 11) is 0. The number of anilines is 1. The van der Waals surface area contributed by atoms with E-state index in [0.717, 1.165) is 12.0 Å². The van der Waals surface area contributed by atoms with Gasteiger partial charge in [-0.1, -0.05) is 17.7 Å². The number of carbonyl (C=O) groups is 2. The molecule has 0 saturated carbocycles. The second-order valence-corrected chi connectivity index (χ2v) is 4.28. The molecule has 0 radical (unpaired) electrons. The highest BCUT2D eigenvalue weighted by atomic mass is 35.5. The van der Waals surface area contributed by atoms with Crippen LogP contribution in [-0.4, -0.2) is 31.8 Å². The third-order valence-electron chi connectivity index (χ3n) is 2.80. The lowest BCUT2D eigenvalue weighted by molar-refractivity contribution is -0.120. The predicted octanol–water partition coefficient (Wildman–Crippen LogP) is 1.48. The molecule has 0 bridgehead atoms. The number of aldehydes is 1. The van der Waals surface area contributed by atoms with Crippen LogP contribution in [0.2, 0.25) is 5.02 Å². The first-order chi connectivity index (χ1) is 8.22. The molecule has 0 aliphatic carbocycles. The minimum atomic E-state index is 0.0437. The number of benzene rings is 1. The van der Waals surface area contributed by atoms with Gasteiger partial charge in [0.2, 0.25) is 5.91 Å². The summed E-state index contributed by atoms with van der Waals surface area (Å²) >= 11 is 5.98. The van der Waals surface area contributed by atoms with Crippen LogP contribution in [0.1, 0.15) is 16.8 Å². The van der Waals surface area contributed by atoms with Gasteiger partial charge in [0.1, 0.15) is 0 Å². The first-order valence-electron chi connectivity index (χ1n) is 5.47. The van der Waals surface area contributed by atoms with E-state index in [0.29, 0.717) is 36.6 Å². The molecule has 0 spiro atoms. The molecule has 1 aliphatic rings. The van der Waals surface area contributed by atoms with Gasteiger partial charge in [0.05, 0.1) is 10.6 Å². The van der Waals surface area contributed by atoms with Crippen LogP contribution in [0.3, 0.4) is 0 Å². The third kappa shape index (κ3) is 2.58. The van der Waals surface area contributed by atoms with E-state index in [1.807, 2.05) is 17.0 Å². The highest BCUT2D eigenvalue weighted by molar-refractivity contribution is 6.33. The predicted molar refractivity (Wildman–Crippen MR) is 66.7 cm³/mol. The first kappa shape index (κ1) is 11.9. The van der Waals surface area contributed by atoms with Gasteiger partial charge in [-0.25, -0.2) is 0 Å². The van der Waals surface area contributed by atoms with Gasteiger partial charge in [-0.15, -0.1) is 0 Å². The molecule has 0 atom stereocenters. The number of hydrogen-bond donors (Lipinski definition) is 1. The van der Waals surface area contributed by atoms with E-state index in [2.05, 4.69) is 5.32 Å². The minimum Gasteiger partial charge on any atom is -0.369 e. The zero-order valence-electron chi connectivity index (χ0n) is 9.28. The summed E-state index contributed by atoms with van der Waals surface area (Å²) in [6.07, 6.45) is 1.20. The lowest BCUT2D eigenvalue weighted by Crippen LogP contribution is -2.29. The van der Waals surface area contributed by atoms with Crippen LogP contribution in [0.25, 0.3) is 0 Å². The van der Waals surface area contributed by atoms with Gasteiger partial charge in [0.15, 0.2) is 6.29 Å². The molecule has 1 fully saturated rings. The molecule has 90 valence electrons. The fourth-order valence-corrected chi connectivity index (χ4v) is 2.14. The molecule has 1 N–H and O–H groups in total. The van der Waals surface area contributed by atoms with Gasteiger partial charge in [0.25, 0.3) is 0 Å². The monoisotopic (exact) mass is 252 g/mol. The highest BCUT2D eigenvalue weighted by Gasteiger charge is 2.17. The summed E-state index contributed by atoms with van der Waals surface area (Å²) in [6.45, 7) is 1.88. The van der Waals surface area contributed by atoms with Crippen molar-refractivity contribution in [2.75, 3.05) is 24.5 Å². The van der Waals surface area contributed by atoms with Crippen LogP contribution in [0.5, 0.6) is 0 Å². The van der Waals surface area contributed by atoms with E-state index in [4.69, 9.17) is 11.6 Å². The Morgan fingerprint density at radius 2 is 2.18 bits per heavy atom. The Labute approximate surface area is 105 Å². The van der Waals surface area contributed by atoms with Crippen molar-refractivity contribution in [3.63, 3.8) is 0 Å². The molecule has 1 heterocycles. The van der Waals surface area contributed by atoms with Crippen molar-refractivity contribution in [1.29, 1.82) is 0 Å². The smallest absolute Gasteiger partial charge is 0.221 e. The summed E-state index contributed by atoms with van der Waals surface area (Å²) < 4.78 is 0. The number of nitrogens with one attached hydrogen (secondary N) is 1. The third-order valence-corrected chi connectivity index (χ3v) is 3.13. The molecule has 0 aromatic heterocycles. The van der Waals surface area contributed by atoms with Crippen molar-refractivity contribution >= 4 is 29.5 Å². The Morgan fingerprint density at radius 1 is 1.35 bits per heavy atom. The number of hydrogen-bond acceptors (Lipinski definition) is 3. The second kappa shape index (κ2) is 5.19. The quantitative estimate of drug-likeness (QED) is 0.811. The van der Waals surface area contributed by atoms with Crippen molar-refractivity contribution in [3.8, 4) is 0 Å². The number of halogens is 1. The number of rotatable bonds is 2. The van der Waals surface area contributed by atoms with E-state index in [1.165, 1.54) is 0 Å². The van der Waals surface area contributed by atoms with Crippen LogP contribution < -0.4 is 10.2 Å². The van der Waals surface area contributed by atoms with E-state index in [1.54, 1.807) is 6.07 Å². The van der Waals surface area contributed by atoms with Gasteiger partial charge in [0, 0.05) is 31.7 Å². The highest BCUT2D eigenvalue weighted by Crippen LogP contribution is 2.26. The fourth-order valence-electron chi connectivity index (χ4n) is 1.93. The molecule has 4 nitrogen and oxygen atoms in total. The molecule has 17 heavy (non-hydrogen) atoms. The normalized spacial score (nSPS) is 16.3. The SMILES string of the molecule is O=Cc1c(Cl)cccc1N1CCNC(=O)CC1. The average Bonchev–Trinajstić information content (AvgIpc) is 2.54. The zero-order chi connectivity index (χ0) is 12.3. The van der Waals surface area contributed by atoms with Gasteiger partial charge >= 0.3 is 0 Å². The van der Waals surface area contributed by atoms with Crippen molar-refractivity contribution in [2.24, 2.45) is 0 Å². The molecule has 5 heteroatoms. The van der Waals surface area contributed by atoms with E-state index in [9.17, 15) is 9.59 Å². The maximum atomic E-state index is 11.2. The zero-order valence-corrected chi connectivity index (χ0v) is 10.0. The summed E-state index contributed by atoms with van der Waals surface area (Å²) in [6, 6.07) is 5.35. The summed E-state index contributed by atoms with van der Waals surface area (Å²) in [5, 5.41) is 3.24. The Bertz CT molecular complexity index is 448. The lowest BCUT2D eigenvalue weighted by atomic mass is 10.1. The van der Waals surface area contributed by atoms with Crippen molar-refractivity contribution in [1.82, 2.24) is 5.32 Å². The van der Waals surface area contributed by atoms with E-state index in [-0.39, 0.29) is 5.91 Å². The summed E-state index contributed by atoms with van der Waals surface area (Å²) in [4.78, 5) is 24.3. The van der Waals surface area contributed by atoms with Crippen LogP contribution in [0, 0.1) is 0 Å². The Morgan fingerprint density at radius 3 is 2.94 bits per heavy atom. The van der Waals surface area contributed by atoms with Crippen molar-refractivity contribution in [3.05, 3.63) is 28.8 Å². The molecule has 1 amide bonds. The first-order valence-corrected chi connectivity index (χ1v) is 5.85. The Balaban J connectivity index is 2.29. The maximum Gasteiger partial charge on any atom is 0.221 e. The molecule has 1 saturated heterocycles. The second-order valence-electron chi connectivity index (χ2n) is 3.88. The lowest BCUT2D eigenvalue weighted by Gasteiger charge is -2.23. The number of nitrogens with zero attached hydrogens (tertiary/aromatic N) is 1. The van der Waals surface area contributed by atoms with Gasteiger partial charge in [-0.2, -0.15) is 0 Å². The fraction of sp³-hybridized carbons (Fsp3) is 0.333. The maximum absolute atomic E-state index is 11.2. The molecule has 2 rings (SSSR count). The van der Waals surface area contributed by atoms with Gasteiger partial charge in [-0.3, -0.25) is 9.59 Å². The van der Waals surface area contributed by atoms with Crippen LogP contribution in [0.15, 0.2) is 18.2 Å². The standard InChI is InChI=1S/C12H13ClN2O2/c13-10-2-1-3-11(9(10)8-16)15-6-4-12(17)14-5-7-15/h1-3,8H,4-7H2,(H,14,17). The Kier molecular flexibility index (Phi) is 3.64. The number of carbonyl (C=O) groups excluding carboxylic acids is 2. The largest absolute Gasteiger partial charge is 0.369 e. The molecule has 1 aromatic rings. The van der Waals surface area contributed by atoms with Crippen LogP contribution in [0.4, 0.5) is 5.69 Å². The van der Waals surface area contributed by atoms with Crippen molar-refractivity contribution < 1.29 is 9.59 Å². The number of amides is 1. The molecular formula is C12H13ClN2O2. The van der Waals surface area contributed by atoms with Gasteiger partial charge in [-0.05, 0) is 12.1 Å². The molecule has 1 aromatic carbocycles. The molecular weight excluding hydrogens is 240 g/mol. The summed E-state index contributed by atoms with van der Waals surface area (Å²) in [5.41, 5.74) is 1.28. The minimum absolute atomic E-state index is 0.0437. The molecule has 1 aliphatic heterocycles. The van der Waals surface area contributed by atoms with Crippen molar-refractivity contribution in [2.45, 2.75) is 6.42 Å². The van der Waals surface area contributed by atoms with E-state index < -0.39 is 0 Å². The van der Waals surface area contributed by atoms with E-state index >= 15 is 0 Å². The van der Waals surface area contributed by atoms with Crippen LogP contribution in [-0.2, 0) is 4.79 Å². The summed E-state index contributed by atoms with van der Waals surface area (Å²) in [5.74, 6) is 0.0437. The topological polar surface area (TPSA) is 49.4 Å².